The number of halogens is 4. The molecule has 2 heterocycles. The highest BCUT2D eigenvalue weighted by Crippen LogP contribution is 2.35. The number of benzene rings is 1. The SMILES string of the molecule is CN(C)c1ccc(C(F)(F)F)cc1NC(=O)C1CCN(c2ccc(Cl)cn2)CC1. The van der Waals surface area contributed by atoms with E-state index in [1.807, 2.05) is 6.07 Å². The molecule has 0 atom stereocenters. The molecule has 1 aromatic carbocycles. The van der Waals surface area contributed by atoms with Crippen molar-refractivity contribution in [2.45, 2.75) is 19.0 Å². The number of nitrogens with zero attached hydrogens (tertiary/aromatic N) is 3. The van der Waals surface area contributed by atoms with E-state index in [1.165, 1.54) is 6.07 Å². The van der Waals surface area contributed by atoms with E-state index in [2.05, 4.69) is 15.2 Å². The van der Waals surface area contributed by atoms with Crippen LogP contribution in [0.2, 0.25) is 5.02 Å². The van der Waals surface area contributed by atoms with E-state index in [0.29, 0.717) is 36.6 Å². The van der Waals surface area contributed by atoms with Gasteiger partial charge in [0, 0.05) is 39.3 Å². The minimum atomic E-state index is -4.47. The van der Waals surface area contributed by atoms with Crippen molar-refractivity contribution in [3.05, 3.63) is 47.1 Å². The Kier molecular flexibility index (Phi) is 6.21. The lowest BCUT2D eigenvalue weighted by atomic mass is 9.95. The molecule has 0 aliphatic carbocycles. The number of pyridine rings is 1. The van der Waals surface area contributed by atoms with Gasteiger partial charge in [-0.25, -0.2) is 4.98 Å². The molecule has 156 valence electrons. The Morgan fingerprint density at radius 1 is 1.21 bits per heavy atom. The molecule has 1 aliphatic heterocycles. The fourth-order valence-electron chi connectivity index (χ4n) is 3.36. The lowest BCUT2D eigenvalue weighted by molar-refractivity contribution is -0.137. The van der Waals surface area contributed by atoms with Crippen LogP contribution in [0.25, 0.3) is 0 Å². The van der Waals surface area contributed by atoms with Gasteiger partial charge >= 0.3 is 6.18 Å². The third-order valence-corrected chi connectivity index (χ3v) is 5.19. The number of carbonyl (C=O) groups is 1. The molecule has 0 spiro atoms. The third kappa shape index (κ3) is 5.12. The van der Waals surface area contributed by atoms with Crippen LogP contribution in [0.3, 0.4) is 0 Å². The zero-order valence-corrected chi connectivity index (χ0v) is 16.9. The van der Waals surface area contributed by atoms with Crippen molar-refractivity contribution < 1.29 is 18.0 Å². The Morgan fingerprint density at radius 3 is 2.45 bits per heavy atom. The highest BCUT2D eigenvalue weighted by Gasteiger charge is 2.32. The molecule has 1 aromatic heterocycles. The van der Waals surface area contributed by atoms with Crippen LogP contribution in [-0.2, 0) is 11.0 Å². The van der Waals surface area contributed by atoms with Gasteiger partial charge in [0.2, 0.25) is 5.91 Å². The predicted molar refractivity (Wildman–Crippen MR) is 109 cm³/mol. The molecule has 1 aliphatic rings. The molecule has 1 fully saturated rings. The van der Waals surface area contributed by atoms with E-state index in [1.54, 1.807) is 31.3 Å². The summed E-state index contributed by atoms with van der Waals surface area (Å²) in [5.74, 6) is 0.250. The largest absolute Gasteiger partial charge is 0.416 e. The van der Waals surface area contributed by atoms with Crippen molar-refractivity contribution in [1.29, 1.82) is 0 Å². The fraction of sp³-hybridized carbons (Fsp3) is 0.400. The fourth-order valence-corrected chi connectivity index (χ4v) is 3.47. The Balaban J connectivity index is 1.68. The number of amides is 1. The molecule has 29 heavy (non-hydrogen) atoms. The summed E-state index contributed by atoms with van der Waals surface area (Å²) in [6, 6.07) is 6.96. The summed E-state index contributed by atoms with van der Waals surface area (Å²) in [5.41, 5.74) is -0.104. The monoisotopic (exact) mass is 426 g/mol. The molecular formula is C20H22ClF3N4O. The lowest BCUT2D eigenvalue weighted by Gasteiger charge is -2.32. The molecule has 9 heteroatoms. The number of aromatic nitrogens is 1. The summed E-state index contributed by atoms with van der Waals surface area (Å²) in [6.07, 6.45) is -1.72. The summed E-state index contributed by atoms with van der Waals surface area (Å²) < 4.78 is 39.2. The number of rotatable bonds is 4. The van der Waals surface area contributed by atoms with Crippen molar-refractivity contribution in [2.24, 2.45) is 5.92 Å². The van der Waals surface area contributed by atoms with Crippen LogP contribution >= 0.6 is 11.6 Å². The first-order valence-electron chi connectivity index (χ1n) is 9.21. The second-order valence-corrected chi connectivity index (χ2v) is 7.65. The van der Waals surface area contributed by atoms with Gasteiger partial charge in [-0.05, 0) is 43.2 Å². The number of nitrogens with one attached hydrogen (secondary N) is 1. The number of piperidine rings is 1. The van der Waals surface area contributed by atoms with Gasteiger partial charge in [-0.15, -0.1) is 0 Å². The number of carbonyl (C=O) groups excluding carboxylic acids is 1. The van der Waals surface area contributed by atoms with E-state index in [9.17, 15) is 18.0 Å². The molecule has 0 unspecified atom stereocenters. The van der Waals surface area contributed by atoms with Crippen LogP contribution in [0, 0.1) is 5.92 Å². The number of hydrogen-bond donors (Lipinski definition) is 1. The van der Waals surface area contributed by atoms with Crippen molar-refractivity contribution >= 4 is 34.7 Å². The average molecular weight is 427 g/mol. The van der Waals surface area contributed by atoms with Gasteiger partial charge in [0.05, 0.1) is 22.0 Å². The number of hydrogen-bond acceptors (Lipinski definition) is 4. The zero-order valence-electron chi connectivity index (χ0n) is 16.1. The van der Waals surface area contributed by atoms with Gasteiger partial charge in [0.25, 0.3) is 0 Å². The molecular weight excluding hydrogens is 405 g/mol. The highest BCUT2D eigenvalue weighted by molar-refractivity contribution is 6.30. The Morgan fingerprint density at radius 2 is 1.90 bits per heavy atom. The van der Waals surface area contributed by atoms with Gasteiger partial charge in [-0.3, -0.25) is 4.79 Å². The van der Waals surface area contributed by atoms with Gasteiger partial charge in [0.15, 0.2) is 0 Å². The topological polar surface area (TPSA) is 48.5 Å². The van der Waals surface area contributed by atoms with Gasteiger partial charge in [-0.1, -0.05) is 11.6 Å². The maximum absolute atomic E-state index is 13.1. The smallest absolute Gasteiger partial charge is 0.376 e. The quantitative estimate of drug-likeness (QED) is 0.771. The Hall–Kier alpha value is -2.48. The lowest BCUT2D eigenvalue weighted by Crippen LogP contribution is -2.38. The first-order chi connectivity index (χ1) is 13.6. The minimum absolute atomic E-state index is 0.164. The molecule has 1 amide bonds. The Labute approximate surface area is 172 Å². The molecule has 0 saturated carbocycles. The molecule has 0 bridgehead atoms. The standard InChI is InChI=1S/C20H22ClF3N4O/c1-27(2)17-5-3-14(20(22,23)24)11-16(17)26-19(29)13-7-9-28(10-8-13)18-6-4-15(21)12-25-18/h3-6,11-13H,7-10H2,1-2H3,(H,26,29). The van der Waals surface area contributed by atoms with Gasteiger partial charge in [-0.2, -0.15) is 13.2 Å². The average Bonchev–Trinajstić information content (AvgIpc) is 2.68. The van der Waals surface area contributed by atoms with Gasteiger partial charge < -0.3 is 15.1 Å². The van der Waals surface area contributed by atoms with Crippen LogP contribution in [0.5, 0.6) is 0 Å². The second-order valence-electron chi connectivity index (χ2n) is 7.21. The van der Waals surface area contributed by atoms with E-state index in [0.717, 1.165) is 18.0 Å². The maximum Gasteiger partial charge on any atom is 0.416 e. The maximum atomic E-state index is 13.1. The van der Waals surface area contributed by atoms with Crippen LogP contribution < -0.4 is 15.1 Å². The van der Waals surface area contributed by atoms with Crippen LogP contribution in [0.4, 0.5) is 30.4 Å². The minimum Gasteiger partial charge on any atom is -0.376 e. The van der Waals surface area contributed by atoms with E-state index in [-0.39, 0.29) is 17.5 Å². The summed E-state index contributed by atoms with van der Waals surface area (Å²) >= 11 is 5.86. The van der Waals surface area contributed by atoms with E-state index < -0.39 is 11.7 Å². The summed E-state index contributed by atoms with van der Waals surface area (Å²) in [5, 5.41) is 3.26. The second kappa shape index (κ2) is 8.49. The van der Waals surface area contributed by atoms with Crippen LogP contribution in [-0.4, -0.2) is 38.1 Å². The van der Waals surface area contributed by atoms with Crippen molar-refractivity contribution in [1.82, 2.24) is 4.98 Å². The Bertz CT molecular complexity index is 863. The first-order valence-corrected chi connectivity index (χ1v) is 9.59. The van der Waals surface area contributed by atoms with Crippen molar-refractivity contribution in [3.63, 3.8) is 0 Å². The number of alkyl halides is 3. The molecule has 2 aromatic rings. The summed E-state index contributed by atoms with van der Waals surface area (Å²) in [4.78, 5) is 20.7. The van der Waals surface area contributed by atoms with Crippen LogP contribution in [0.15, 0.2) is 36.5 Å². The van der Waals surface area contributed by atoms with E-state index in [4.69, 9.17) is 11.6 Å². The zero-order chi connectivity index (χ0) is 21.2. The molecule has 0 radical (unpaired) electrons. The van der Waals surface area contributed by atoms with Crippen molar-refractivity contribution in [3.8, 4) is 0 Å². The third-order valence-electron chi connectivity index (χ3n) is 4.97. The highest BCUT2D eigenvalue weighted by atomic mass is 35.5. The molecule has 1 saturated heterocycles. The normalized spacial score (nSPS) is 15.3. The van der Waals surface area contributed by atoms with Gasteiger partial charge in [0.1, 0.15) is 5.82 Å². The summed E-state index contributed by atoms with van der Waals surface area (Å²) in [7, 11) is 3.44. The molecule has 3 rings (SSSR count). The molecule has 1 N–H and O–H groups in total. The first kappa shape index (κ1) is 21.2. The number of anilines is 3. The molecule has 5 nitrogen and oxygen atoms in total. The van der Waals surface area contributed by atoms with Crippen molar-refractivity contribution in [2.75, 3.05) is 42.3 Å². The summed E-state index contributed by atoms with van der Waals surface area (Å²) in [6.45, 7) is 1.27. The van der Waals surface area contributed by atoms with Crippen LogP contribution in [0.1, 0.15) is 18.4 Å². The van der Waals surface area contributed by atoms with E-state index >= 15 is 0 Å². The predicted octanol–water partition coefficient (Wildman–Crippen LogP) is 4.67.